The van der Waals surface area contributed by atoms with E-state index >= 15 is 0 Å². The van der Waals surface area contributed by atoms with Crippen molar-refractivity contribution in [2.24, 2.45) is 0 Å². The molecule has 1 aromatic heterocycles. The molecule has 19 heavy (non-hydrogen) atoms. The number of nitrogens with one attached hydrogen (secondary N) is 1. The van der Waals surface area contributed by atoms with Crippen LogP contribution in [-0.2, 0) is 15.9 Å². The number of pyridine rings is 1. The first kappa shape index (κ1) is 14.4. The summed E-state index contributed by atoms with van der Waals surface area (Å²) in [5, 5.41) is 2.90. The van der Waals surface area contributed by atoms with Crippen LogP contribution in [-0.4, -0.2) is 30.4 Å². The number of halogens is 1. The van der Waals surface area contributed by atoms with Crippen molar-refractivity contribution in [3.63, 3.8) is 0 Å². The van der Waals surface area contributed by atoms with Crippen molar-refractivity contribution in [2.45, 2.75) is 45.4 Å². The van der Waals surface area contributed by atoms with Crippen LogP contribution in [0.15, 0.2) is 12.3 Å². The third-order valence-electron chi connectivity index (χ3n) is 3.81. The molecule has 1 N–H and O–H groups in total. The van der Waals surface area contributed by atoms with E-state index in [0.29, 0.717) is 17.7 Å². The Bertz CT molecular complexity index is 464. The quantitative estimate of drug-likeness (QED) is 0.836. The number of hydrogen-bond acceptors (Lipinski definition) is 4. The van der Waals surface area contributed by atoms with Crippen molar-refractivity contribution in [3.8, 4) is 0 Å². The summed E-state index contributed by atoms with van der Waals surface area (Å²) in [7, 11) is 1.14. The van der Waals surface area contributed by atoms with Gasteiger partial charge in [0.05, 0.1) is 16.8 Å². The van der Waals surface area contributed by atoms with Crippen molar-refractivity contribution in [1.29, 1.82) is 0 Å². The molecule has 0 radical (unpaired) electrons. The molecule has 0 saturated carbocycles. The molecule has 1 saturated heterocycles. The molecular weight excluding hydrogens is 246 g/mol. The third kappa shape index (κ3) is 2.66. The highest BCUT2D eigenvalue weighted by Crippen LogP contribution is 2.36. The summed E-state index contributed by atoms with van der Waals surface area (Å²) >= 11 is 0. The first-order valence-electron chi connectivity index (χ1n) is 6.41. The van der Waals surface area contributed by atoms with Crippen LogP contribution in [0.1, 0.15) is 33.3 Å². The summed E-state index contributed by atoms with van der Waals surface area (Å²) in [4.78, 5) is 4.24. The SMILES string of the molecule is CNCc1cnc(B2OC(C)(C)C(C)(C)O2)cc1F. The Hall–Kier alpha value is -0.975. The topological polar surface area (TPSA) is 43.4 Å². The van der Waals surface area contributed by atoms with Crippen molar-refractivity contribution >= 4 is 12.7 Å². The highest BCUT2D eigenvalue weighted by molar-refractivity contribution is 6.61. The lowest BCUT2D eigenvalue weighted by molar-refractivity contribution is 0.00578. The lowest BCUT2D eigenvalue weighted by Crippen LogP contribution is -2.41. The van der Waals surface area contributed by atoms with Crippen LogP contribution in [0.4, 0.5) is 4.39 Å². The number of nitrogens with zero attached hydrogens (tertiary/aromatic N) is 1. The molecule has 1 fully saturated rings. The van der Waals surface area contributed by atoms with E-state index in [1.54, 1.807) is 7.05 Å². The highest BCUT2D eigenvalue weighted by Gasteiger charge is 2.52. The van der Waals surface area contributed by atoms with E-state index in [9.17, 15) is 4.39 Å². The average molecular weight is 266 g/mol. The number of aromatic nitrogens is 1. The molecule has 0 bridgehead atoms. The van der Waals surface area contributed by atoms with Crippen molar-refractivity contribution in [1.82, 2.24) is 10.3 Å². The average Bonchev–Trinajstić information content (AvgIpc) is 2.51. The summed E-state index contributed by atoms with van der Waals surface area (Å²) in [5.74, 6) is -0.297. The summed E-state index contributed by atoms with van der Waals surface area (Å²) in [6.45, 7) is 8.28. The largest absolute Gasteiger partial charge is 0.514 e. The Morgan fingerprint density at radius 3 is 2.32 bits per heavy atom. The molecule has 0 unspecified atom stereocenters. The van der Waals surface area contributed by atoms with Crippen molar-refractivity contribution in [2.75, 3.05) is 7.05 Å². The smallest absolute Gasteiger partial charge is 0.398 e. The Balaban J connectivity index is 2.23. The van der Waals surface area contributed by atoms with Crippen molar-refractivity contribution < 1.29 is 13.7 Å². The monoisotopic (exact) mass is 266 g/mol. The molecule has 104 valence electrons. The van der Waals surface area contributed by atoms with Gasteiger partial charge in [-0.3, -0.25) is 4.98 Å². The zero-order valence-electron chi connectivity index (χ0n) is 12.1. The highest BCUT2D eigenvalue weighted by atomic mass is 19.1. The van der Waals surface area contributed by atoms with Gasteiger partial charge in [0.15, 0.2) is 0 Å². The van der Waals surface area contributed by atoms with E-state index in [1.165, 1.54) is 12.3 Å². The van der Waals surface area contributed by atoms with Crippen LogP contribution < -0.4 is 10.9 Å². The maximum absolute atomic E-state index is 13.9. The standard InChI is InChI=1S/C13H20BFN2O2/c1-12(2)13(3,4)19-14(18-12)11-6-10(15)9(7-16-5)8-17-11/h6,8,16H,7H2,1-5H3. The van der Waals surface area contributed by atoms with Gasteiger partial charge in [0.2, 0.25) is 0 Å². The molecule has 0 atom stereocenters. The summed E-state index contributed by atoms with van der Waals surface area (Å²) in [6.07, 6.45) is 1.52. The Morgan fingerprint density at radius 1 is 1.26 bits per heavy atom. The minimum atomic E-state index is -0.622. The Kier molecular flexibility index (Phi) is 3.68. The van der Waals surface area contributed by atoms with Crippen molar-refractivity contribution in [3.05, 3.63) is 23.6 Å². The second kappa shape index (κ2) is 4.85. The number of hydrogen-bond donors (Lipinski definition) is 1. The minimum absolute atomic E-state index is 0.297. The minimum Gasteiger partial charge on any atom is -0.398 e. The maximum Gasteiger partial charge on any atom is 0.514 e. The van der Waals surface area contributed by atoms with E-state index in [1.807, 2.05) is 27.7 Å². The first-order chi connectivity index (χ1) is 8.77. The normalized spacial score (nSPS) is 20.8. The molecule has 6 heteroatoms. The molecule has 0 spiro atoms. The fraction of sp³-hybridized carbons (Fsp3) is 0.615. The molecule has 1 aliphatic rings. The van der Waals surface area contributed by atoms with Gasteiger partial charge in [0.25, 0.3) is 0 Å². The van der Waals surface area contributed by atoms with Gasteiger partial charge in [-0.05, 0) is 40.8 Å². The zero-order chi connectivity index (χ0) is 14.3. The summed E-state index contributed by atoms with van der Waals surface area (Å²) in [5.41, 5.74) is 0.109. The third-order valence-corrected chi connectivity index (χ3v) is 3.81. The van der Waals surface area contributed by atoms with Crippen LogP contribution in [0.5, 0.6) is 0 Å². The lowest BCUT2D eigenvalue weighted by Gasteiger charge is -2.32. The summed E-state index contributed by atoms with van der Waals surface area (Å²) < 4.78 is 25.6. The molecular formula is C13H20BFN2O2. The van der Waals surface area contributed by atoms with Crippen LogP contribution in [0.3, 0.4) is 0 Å². The molecule has 4 nitrogen and oxygen atoms in total. The van der Waals surface area contributed by atoms with Gasteiger partial charge >= 0.3 is 7.12 Å². The van der Waals surface area contributed by atoms with Gasteiger partial charge in [-0.2, -0.15) is 0 Å². The predicted molar refractivity (Wildman–Crippen MR) is 72.7 cm³/mol. The Labute approximate surface area is 113 Å². The fourth-order valence-electron chi connectivity index (χ4n) is 1.89. The van der Waals surface area contributed by atoms with Crippen LogP contribution in [0, 0.1) is 5.82 Å². The van der Waals surface area contributed by atoms with Crippen LogP contribution >= 0.6 is 0 Å². The molecule has 0 aliphatic carbocycles. The molecule has 1 aromatic rings. The molecule has 1 aliphatic heterocycles. The van der Waals surface area contributed by atoms with Gasteiger partial charge in [0, 0.05) is 18.3 Å². The second-order valence-electron chi connectivity index (χ2n) is 5.82. The molecule has 2 heterocycles. The van der Waals surface area contributed by atoms with Crippen LogP contribution in [0.25, 0.3) is 0 Å². The van der Waals surface area contributed by atoms with E-state index in [4.69, 9.17) is 9.31 Å². The molecule has 0 amide bonds. The van der Waals surface area contributed by atoms with Gasteiger partial charge in [-0.15, -0.1) is 0 Å². The number of rotatable bonds is 3. The van der Waals surface area contributed by atoms with E-state index < -0.39 is 18.3 Å². The van der Waals surface area contributed by atoms with E-state index in [2.05, 4.69) is 10.3 Å². The zero-order valence-corrected chi connectivity index (χ0v) is 12.1. The fourth-order valence-corrected chi connectivity index (χ4v) is 1.89. The van der Waals surface area contributed by atoms with Crippen LogP contribution in [0.2, 0.25) is 0 Å². The van der Waals surface area contributed by atoms with E-state index in [-0.39, 0.29) is 5.82 Å². The van der Waals surface area contributed by atoms with E-state index in [0.717, 1.165) is 0 Å². The van der Waals surface area contributed by atoms with Gasteiger partial charge in [0.1, 0.15) is 5.82 Å². The summed E-state index contributed by atoms with van der Waals surface area (Å²) in [6, 6.07) is 1.38. The molecule has 0 aromatic carbocycles. The predicted octanol–water partition coefficient (Wildman–Crippen LogP) is 1.24. The Morgan fingerprint density at radius 2 is 1.84 bits per heavy atom. The maximum atomic E-state index is 13.9. The van der Waals surface area contributed by atoms with Gasteiger partial charge in [-0.1, -0.05) is 0 Å². The molecule has 2 rings (SSSR count). The van der Waals surface area contributed by atoms with Gasteiger partial charge < -0.3 is 14.6 Å². The second-order valence-corrected chi connectivity index (χ2v) is 5.82. The first-order valence-corrected chi connectivity index (χ1v) is 6.41. The van der Waals surface area contributed by atoms with Gasteiger partial charge in [-0.25, -0.2) is 4.39 Å². The lowest BCUT2D eigenvalue weighted by atomic mass is 9.84.